The van der Waals surface area contributed by atoms with Crippen LogP contribution in [-0.4, -0.2) is 24.8 Å². The molecule has 0 aliphatic carbocycles. The van der Waals surface area contributed by atoms with Crippen molar-refractivity contribution < 1.29 is 14.2 Å². The lowest BCUT2D eigenvalue weighted by Gasteiger charge is -2.14. The van der Waals surface area contributed by atoms with Crippen LogP contribution in [0.1, 0.15) is 6.92 Å². The fourth-order valence-electron chi connectivity index (χ4n) is 1.54. The van der Waals surface area contributed by atoms with Crippen molar-refractivity contribution >= 4 is 0 Å². The maximum Gasteiger partial charge on any atom is 0.213 e. The molecule has 0 aliphatic heterocycles. The number of hydrogen-bond acceptors (Lipinski definition) is 4. The number of aromatic nitrogens is 1. The van der Waals surface area contributed by atoms with Gasteiger partial charge in [0.05, 0.1) is 7.11 Å². The molecule has 0 radical (unpaired) electrons. The van der Waals surface area contributed by atoms with Gasteiger partial charge in [-0.2, -0.15) is 0 Å². The van der Waals surface area contributed by atoms with Gasteiger partial charge in [0.25, 0.3) is 0 Å². The topological polar surface area (TPSA) is 40.6 Å². The van der Waals surface area contributed by atoms with Crippen molar-refractivity contribution in [1.82, 2.24) is 4.98 Å². The largest absolute Gasteiger partial charge is 0.497 e. The van der Waals surface area contributed by atoms with Crippen LogP contribution in [0.4, 0.5) is 0 Å². The summed E-state index contributed by atoms with van der Waals surface area (Å²) >= 11 is 0. The van der Waals surface area contributed by atoms with Gasteiger partial charge < -0.3 is 14.2 Å². The van der Waals surface area contributed by atoms with Crippen LogP contribution in [0.2, 0.25) is 0 Å². The fraction of sp³-hybridized carbons (Fsp3) is 0.267. The molecule has 1 heterocycles. The molecule has 2 rings (SSSR count). The van der Waals surface area contributed by atoms with E-state index in [1.165, 1.54) is 0 Å². The first-order valence-electron chi connectivity index (χ1n) is 6.12. The molecule has 0 amide bonds. The van der Waals surface area contributed by atoms with Crippen molar-refractivity contribution in [3.8, 4) is 17.4 Å². The monoisotopic (exact) mass is 259 g/mol. The Morgan fingerprint density at radius 2 is 1.79 bits per heavy atom. The Morgan fingerprint density at radius 1 is 1.05 bits per heavy atom. The molecule has 0 spiro atoms. The molecule has 0 saturated heterocycles. The highest BCUT2D eigenvalue weighted by Crippen LogP contribution is 2.17. The highest BCUT2D eigenvalue weighted by molar-refractivity contribution is 5.31. The molecular weight excluding hydrogens is 242 g/mol. The number of hydrogen-bond donors (Lipinski definition) is 0. The van der Waals surface area contributed by atoms with E-state index in [-0.39, 0.29) is 6.10 Å². The summed E-state index contributed by atoms with van der Waals surface area (Å²) in [6.07, 6.45) is 1.63. The Labute approximate surface area is 113 Å². The van der Waals surface area contributed by atoms with Crippen molar-refractivity contribution in [2.45, 2.75) is 13.0 Å². The molecule has 0 bridgehead atoms. The quantitative estimate of drug-likeness (QED) is 0.799. The zero-order valence-electron chi connectivity index (χ0n) is 11.1. The highest BCUT2D eigenvalue weighted by atomic mass is 16.5. The third-order valence-electron chi connectivity index (χ3n) is 2.50. The third kappa shape index (κ3) is 4.17. The summed E-state index contributed by atoms with van der Waals surface area (Å²) in [4.78, 5) is 4.10. The lowest BCUT2D eigenvalue weighted by molar-refractivity contribution is 0.138. The van der Waals surface area contributed by atoms with E-state index < -0.39 is 0 Å². The Hall–Kier alpha value is -2.23. The smallest absolute Gasteiger partial charge is 0.213 e. The summed E-state index contributed by atoms with van der Waals surface area (Å²) in [5.41, 5.74) is 0. The van der Waals surface area contributed by atoms with E-state index in [1.54, 1.807) is 13.3 Å². The predicted octanol–water partition coefficient (Wildman–Crippen LogP) is 2.94. The van der Waals surface area contributed by atoms with Gasteiger partial charge >= 0.3 is 0 Å². The van der Waals surface area contributed by atoms with Crippen molar-refractivity contribution in [3.63, 3.8) is 0 Å². The predicted molar refractivity (Wildman–Crippen MR) is 72.8 cm³/mol. The van der Waals surface area contributed by atoms with Crippen LogP contribution in [0.25, 0.3) is 0 Å². The molecule has 4 nitrogen and oxygen atoms in total. The van der Waals surface area contributed by atoms with Crippen LogP contribution in [0.3, 0.4) is 0 Å². The van der Waals surface area contributed by atoms with Crippen molar-refractivity contribution in [1.29, 1.82) is 0 Å². The highest BCUT2D eigenvalue weighted by Gasteiger charge is 2.05. The van der Waals surface area contributed by atoms with Crippen LogP contribution in [-0.2, 0) is 0 Å². The first kappa shape index (κ1) is 13.2. The minimum absolute atomic E-state index is 0.0722. The molecule has 2 aromatic rings. The first-order valence-corrected chi connectivity index (χ1v) is 6.12. The van der Waals surface area contributed by atoms with E-state index in [0.29, 0.717) is 12.5 Å². The van der Waals surface area contributed by atoms with Crippen LogP contribution in [0, 0.1) is 0 Å². The lowest BCUT2D eigenvalue weighted by Crippen LogP contribution is -2.21. The fourth-order valence-corrected chi connectivity index (χ4v) is 1.54. The number of benzene rings is 1. The number of nitrogens with zero attached hydrogens (tertiary/aromatic N) is 1. The van der Waals surface area contributed by atoms with E-state index in [1.807, 2.05) is 49.4 Å². The average molecular weight is 259 g/mol. The first-order chi connectivity index (χ1) is 9.28. The van der Waals surface area contributed by atoms with Gasteiger partial charge in [-0.3, -0.25) is 0 Å². The van der Waals surface area contributed by atoms with E-state index in [4.69, 9.17) is 14.2 Å². The molecule has 100 valence electrons. The average Bonchev–Trinajstić information content (AvgIpc) is 2.47. The number of methoxy groups -OCH3 is 1. The van der Waals surface area contributed by atoms with Crippen molar-refractivity contribution in [3.05, 3.63) is 48.7 Å². The second-order valence-corrected chi connectivity index (χ2v) is 4.08. The number of rotatable bonds is 6. The molecule has 1 aromatic heterocycles. The SMILES string of the molecule is COc1ccc(OCC(C)Oc2ccccn2)cc1. The summed E-state index contributed by atoms with van der Waals surface area (Å²) in [6, 6.07) is 13.0. The minimum atomic E-state index is -0.0722. The Kier molecular flexibility index (Phi) is 4.61. The summed E-state index contributed by atoms with van der Waals surface area (Å²) < 4.78 is 16.3. The zero-order valence-corrected chi connectivity index (χ0v) is 11.1. The minimum Gasteiger partial charge on any atom is -0.497 e. The maximum atomic E-state index is 5.63. The van der Waals surface area contributed by atoms with Crippen molar-refractivity contribution in [2.75, 3.05) is 13.7 Å². The second kappa shape index (κ2) is 6.64. The molecule has 0 fully saturated rings. The summed E-state index contributed by atoms with van der Waals surface area (Å²) in [5.74, 6) is 2.20. The van der Waals surface area contributed by atoms with Gasteiger partial charge in [0.15, 0.2) is 0 Å². The lowest BCUT2D eigenvalue weighted by atomic mass is 10.3. The van der Waals surface area contributed by atoms with Gasteiger partial charge in [0, 0.05) is 12.3 Å². The number of ether oxygens (including phenoxy) is 3. The van der Waals surface area contributed by atoms with Crippen LogP contribution >= 0.6 is 0 Å². The Bertz CT molecular complexity index is 485. The zero-order chi connectivity index (χ0) is 13.5. The van der Waals surface area contributed by atoms with Gasteiger partial charge in [0.2, 0.25) is 5.88 Å². The Morgan fingerprint density at radius 3 is 2.42 bits per heavy atom. The normalized spacial score (nSPS) is 11.7. The molecule has 1 aromatic carbocycles. The van der Waals surface area contributed by atoms with Crippen LogP contribution < -0.4 is 14.2 Å². The van der Waals surface area contributed by atoms with Gasteiger partial charge in [0.1, 0.15) is 24.2 Å². The summed E-state index contributed by atoms with van der Waals surface area (Å²) in [7, 11) is 1.64. The van der Waals surface area contributed by atoms with Gasteiger partial charge in [-0.15, -0.1) is 0 Å². The standard InChI is InChI=1S/C15H17NO3/c1-12(19-15-5-3-4-10-16-15)11-18-14-8-6-13(17-2)7-9-14/h3-10,12H,11H2,1-2H3. The van der Waals surface area contributed by atoms with Gasteiger partial charge in [-0.05, 0) is 37.3 Å². The van der Waals surface area contributed by atoms with Crippen molar-refractivity contribution in [2.24, 2.45) is 0 Å². The molecule has 4 heteroatoms. The molecule has 0 saturated carbocycles. The number of pyridine rings is 1. The third-order valence-corrected chi connectivity index (χ3v) is 2.50. The molecule has 19 heavy (non-hydrogen) atoms. The van der Waals surface area contributed by atoms with E-state index in [9.17, 15) is 0 Å². The van der Waals surface area contributed by atoms with Crippen LogP contribution in [0.5, 0.6) is 17.4 Å². The maximum absolute atomic E-state index is 5.63. The molecular formula is C15H17NO3. The van der Waals surface area contributed by atoms with E-state index in [0.717, 1.165) is 11.5 Å². The summed E-state index contributed by atoms with van der Waals surface area (Å²) in [6.45, 7) is 2.40. The molecule has 1 unspecified atom stereocenters. The van der Waals surface area contributed by atoms with E-state index in [2.05, 4.69) is 4.98 Å². The molecule has 0 N–H and O–H groups in total. The van der Waals surface area contributed by atoms with E-state index >= 15 is 0 Å². The van der Waals surface area contributed by atoms with Gasteiger partial charge in [-0.25, -0.2) is 4.98 Å². The molecule has 0 aliphatic rings. The molecule has 1 atom stereocenters. The van der Waals surface area contributed by atoms with Crippen LogP contribution in [0.15, 0.2) is 48.7 Å². The summed E-state index contributed by atoms with van der Waals surface area (Å²) in [5, 5.41) is 0. The second-order valence-electron chi connectivity index (χ2n) is 4.08. The van der Waals surface area contributed by atoms with Gasteiger partial charge in [-0.1, -0.05) is 6.07 Å². The Balaban J connectivity index is 1.81.